The van der Waals surface area contributed by atoms with E-state index in [1.807, 2.05) is 13.0 Å². The predicted octanol–water partition coefficient (Wildman–Crippen LogP) is 4.05. The predicted molar refractivity (Wildman–Crippen MR) is 150 cm³/mol. The van der Waals surface area contributed by atoms with Crippen LogP contribution in [0.4, 0.5) is 26.9 Å². The molecule has 41 heavy (non-hydrogen) atoms. The first-order valence-corrected chi connectivity index (χ1v) is 13.0. The number of amides is 3. The van der Waals surface area contributed by atoms with E-state index in [9.17, 15) is 14.9 Å². The van der Waals surface area contributed by atoms with Crippen LogP contribution in [0.3, 0.4) is 0 Å². The lowest BCUT2D eigenvalue weighted by Gasteiger charge is -2.31. The molecule has 0 fully saturated rings. The Morgan fingerprint density at radius 1 is 1.24 bits per heavy atom. The van der Waals surface area contributed by atoms with Crippen LogP contribution < -0.4 is 15.5 Å². The fourth-order valence-corrected chi connectivity index (χ4v) is 4.60. The van der Waals surface area contributed by atoms with E-state index >= 15 is 0 Å². The smallest absolute Gasteiger partial charge is 0.418 e. The van der Waals surface area contributed by atoms with Gasteiger partial charge in [0.2, 0.25) is 6.29 Å². The summed E-state index contributed by atoms with van der Waals surface area (Å²) in [6.07, 6.45) is 7.68. The van der Waals surface area contributed by atoms with Gasteiger partial charge in [-0.15, -0.1) is 0 Å². The fraction of sp³-hybridized carbons (Fsp3) is 0.393. The molecule has 4 rings (SSSR count). The molecule has 0 saturated carbocycles. The molecule has 2 aromatic heterocycles. The van der Waals surface area contributed by atoms with E-state index in [1.54, 1.807) is 36.4 Å². The number of hydrogen-bond acceptors (Lipinski definition) is 10. The van der Waals surface area contributed by atoms with Gasteiger partial charge in [0.15, 0.2) is 0 Å². The van der Waals surface area contributed by atoms with E-state index in [2.05, 4.69) is 21.7 Å². The number of rotatable bonds is 10. The molecule has 4 heterocycles. The first kappa shape index (κ1) is 29.5. The second-order valence-corrected chi connectivity index (χ2v) is 9.41. The quantitative estimate of drug-likeness (QED) is 0.405. The molecule has 2 aromatic rings. The van der Waals surface area contributed by atoms with Gasteiger partial charge in [-0.2, -0.15) is 5.26 Å². The summed E-state index contributed by atoms with van der Waals surface area (Å²) >= 11 is 0. The molecule has 0 aromatic carbocycles. The molecule has 0 bridgehead atoms. The molecule has 2 aliphatic rings. The zero-order chi connectivity index (χ0) is 29.4. The summed E-state index contributed by atoms with van der Waals surface area (Å²) in [6.45, 7) is 2.94. The summed E-state index contributed by atoms with van der Waals surface area (Å²) in [6, 6.07) is 5.14. The molecular formula is C28H33N7O6. The monoisotopic (exact) mass is 563 g/mol. The maximum Gasteiger partial charge on any atom is 0.418 e. The molecule has 0 saturated heterocycles. The van der Waals surface area contributed by atoms with Crippen molar-refractivity contribution in [1.29, 1.82) is 5.26 Å². The van der Waals surface area contributed by atoms with Gasteiger partial charge in [0.05, 0.1) is 30.7 Å². The number of nitriles is 1. The van der Waals surface area contributed by atoms with Crippen LogP contribution >= 0.6 is 0 Å². The Labute approximate surface area is 238 Å². The van der Waals surface area contributed by atoms with Crippen molar-refractivity contribution in [3.05, 3.63) is 65.3 Å². The fourth-order valence-electron chi connectivity index (χ4n) is 4.60. The van der Waals surface area contributed by atoms with Gasteiger partial charge in [-0.3, -0.25) is 15.1 Å². The second kappa shape index (κ2) is 13.7. The van der Waals surface area contributed by atoms with Gasteiger partial charge in [-0.05, 0) is 49.1 Å². The minimum Gasteiger partial charge on any atom is -0.418 e. The first-order chi connectivity index (χ1) is 19.9. The van der Waals surface area contributed by atoms with E-state index in [-0.39, 0.29) is 18.4 Å². The van der Waals surface area contributed by atoms with Crippen LogP contribution in [0.2, 0.25) is 0 Å². The molecule has 13 heteroatoms. The summed E-state index contributed by atoms with van der Waals surface area (Å²) in [5.41, 5.74) is 2.84. The van der Waals surface area contributed by atoms with Crippen molar-refractivity contribution in [3.8, 4) is 6.07 Å². The lowest BCUT2D eigenvalue weighted by Crippen LogP contribution is -2.40. The standard InChI is InChI=1S/C28H33N7O6/c1-18(17-38-2)31-22-13-23(30-15-21(22)14-29)32-27(36)35-10-7-8-19-12-20(16-34-9-5-6-11-41-28(34)37)24(33-25(19)35)26(39-3)40-4/h5-6,9,11-13,15,18,26H,7-8,10,16-17H2,1-4H3,(H2,30,31,32,36)/t18-/m1/s1. The SMILES string of the molecule is COC[C@@H](C)Nc1cc(NC(=O)N2CCCc3cc(CN4C=CC=COC4=O)c(C(OC)OC)nc32)ncc1C#N. The number of pyridine rings is 2. The number of carbonyl (C=O) groups is 2. The van der Waals surface area contributed by atoms with Crippen LogP contribution in [-0.4, -0.2) is 67.5 Å². The number of hydrogen-bond donors (Lipinski definition) is 2. The van der Waals surface area contributed by atoms with Gasteiger partial charge >= 0.3 is 12.1 Å². The topological polar surface area (TPSA) is 151 Å². The number of cyclic esters (lactones) is 1. The third kappa shape index (κ3) is 6.98. The third-order valence-corrected chi connectivity index (χ3v) is 6.45. The van der Waals surface area contributed by atoms with Crippen LogP contribution in [0.25, 0.3) is 0 Å². The highest BCUT2D eigenvalue weighted by Gasteiger charge is 2.29. The molecule has 3 amide bonds. The Balaban J connectivity index is 1.63. The summed E-state index contributed by atoms with van der Waals surface area (Å²) in [7, 11) is 4.58. The number of methoxy groups -OCH3 is 3. The number of aryl methyl sites for hydroxylation is 1. The highest BCUT2D eigenvalue weighted by Crippen LogP contribution is 2.32. The molecule has 1 atom stereocenters. The molecule has 216 valence electrons. The average molecular weight is 564 g/mol. The largest absolute Gasteiger partial charge is 0.418 e. The normalized spacial score (nSPS) is 15.2. The zero-order valence-corrected chi connectivity index (χ0v) is 23.4. The van der Waals surface area contributed by atoms with E-state index in [1.165, 1.54) is 31.6 Å². The van der Waals surface area contributed by atoms with Crippen molar-refractivity contribution >= 4 is 29.4 Å². The molecular weight excluding hydrogens is 530 g/mol. The Hall–Kier alpha value is -4.51. The van der Waals surface area contributed by atoms with E-state index in [0.717, 1.165) is 5.56 Å². The number of fused-ring (bicyclic) bond motifs is 1. The number of urea groups is 1. The molecule has 2 aliphatic heterocycles. The van der Waals surface area contributed by atoms with Gasteiger partial charge < -0.3 is 24.3 Å². The van der Waals surface area contributed by atoms with Gasteiger partial charge in [-0.1, -0.05) is 0 Å². The van der Waals surface area contributed by atoms with Crippen molar-refractivity contribution in [1.82, 2.24) is 14.9 Å². The van der Waals surface area contributed by atoms with Crippen molar-refractivity contribution in [2.24, 2.45) is 0 Å². The van der Waals surface area contributed by atoms with Crippen molar-refractivity contribution in [2.45, 2.75) is 38.6 Å². The van der Waals surface area contributed by atoms with Gasteiger partial charge in [-0.25, -0.2) is 19.6 Å². The molecule has 2 N–H and O–H groups in total. The van der Waals surface area contributed by atoms with Crippen LogP contribution in [-0.2, 0) is 31.9 Å². The molecule has 13 nitrogen and oxygen atoms in total. The highest BCUT2D eigenvalue weighted by molar-refractivity contribution is 6.01. The van der Waals surface area contributed by atoms with E-state index < -0.39 is 18.4 Å². The first-order valence-electron chi connectivity index (χ1n) is 13.0. The van der Waals surface area contributed by atoms with Crippen LogP contribution in [0.1, 0.15) is 42.0 Å². The Morgan fingerprint density at radius 2 is 2.05 bits per heavy atom. The van der Waals surface area contributed by atoms with Crippen molar-refractivity contribution in [3.63, 3.8) is 0 Å². The van der Waals surface area contributed by atoms with E-state index in [4.69, 9.17) is 23.9 Å². The summed E-state index contributed by atoms with van der Waals surface area (Å²) in [4.78, 5) is 38.0. The number of anilines is 3. The molecule has 0 aliphatic carbocycles. The third-order valence-electron chi connectivity index (χ3n) is 6.45. The minimum absolute atomic E-state index is 0.0683. The van der Waals surface area contributed by atoms with Crippen LogP contribution in [0, 0.1) is 11.3 Å². The minimum atomic E-state index is -0.838. The zero-order valence-electron chi connectivity index (χ0n) is 23.4. The van der Waals surface area contributed by atoms with Gasteiger partial charge in [0.25, 0.3) is 0 Å². The summed E-state index contributed by atoms with van der Waals surface area (Å²) < 4.78 is 21.3. The number of aromatic nitrogens is 2. The average Bonchev–Trinajstić information content (AvgIpc) is 3.17. The summed E-state index contributed by atoms with van der Waals surface area (Å²) in [5.74, 6) is 0.736. The lowest BCUT2D eigenvalue weighted by atomic mass is 10.0. The van der Waals surface area contributed by atoms with Crippen LogP contribution in [0.5, 0.6) is 0 Å². The number of nitrogens with one attached hydrogen (secondary N) is 2. The van der Waals surface area contributed by atoms with Crippen molar-refractivity contribution < 1.29 is 28.5 Å². The maximum atomic E-state index is 13.5. The number of allylic oxidation sites excluding steroid dienone is 2. The van der Waals surface area contributed by atoms with Crippen LogP contribution in [0.15, 0.2) is 42.9 Å². The number of nitrogens with zero attached hydrogens (tertiary/aromatic N) is 5. The van der Waals surface area contributed by atoms with Crippen molar-refractivity contribution in [2.75, 3.05) is 50.0 Å². The Morgan fingerprint density at radius 3 is 2.78 bits per heavy atom. The Kier molecular flexibility index (Phi) is 9.86. The number of ether oxygens (including phenoxy) is 4. The number of carbonyl (C=O) groups excluding carboxylic acids is 2. The maximum absolute atomic E-state index is 13.5. The Bertz CT molecular complexity index is 1370. The molecule has 0 radical (unpaired) electrons. The lowest BCUT2D eigenvalue weighted by molar-refractivity contribution is -0.109. The molecule has 0 unspecified atom stereocenters. The van der Waals surface area contributed by atoms with Gasteiger partial charge in [0, 0.05) is 52.4 Å². The summed E-state index contributed by atoms with van der Waals surface area (Å²) in [5, 5.41) is 15.5. The second-order valence-electron chi connectivity index (χ2n) is 9.41. The van der Waals surface area contributed by atoms with Gasteiger partial charge in [0.1, 0.15) is 23.4 Å². The highest BCUT2D eigenvalue weighted by atomic mass is 16.7. The van der Waals surface area contributed by atoms with E-state index in [0.29, 0.717) is 54.3 Å². The molecule has 0 spiro atoms.